The number of rotatable bonds is 6. The SMILES string of the molecule is CC[C@@H]1CN(C(=O)c2ccc(OC)cc2)[C@H](CO)[C@@H]1CN1CCC(F)(F)C1. The third-order valence-electron chi connectivity index (χ3n) is 5.96. The summed E-state index contributed by atoms with van der Waals surface area (Å²) >= 11 is 0. The molecule has 0 radical (unpaired) electrons. The third kappa shape index (κ3) is 4.24. The zero-order chi connectivity index (χ0) is 19.6. The number of aliphatic hydroxyl groups excluding tert-OH is 1. The predicted octanol–water partition coefficient (Wildman–Crippen LogP) is 2.50. The number of hydrogen-bond acceptors (Lipinski definition) is 4. The van der Waals surface area contributed by atoms with E-state index in [2.05, 4.69) is 0 Å². The highest BCUT2D eigenvalue weighted by atomic mass is 19.3. The van der Waals surface area contributed by atoms with E-state index in [0.29, 0.717) is 30.9 Å². The Morgan fingerprint density at radius 1 is 1.33 bits per heavy atom. The number of halogens is 2. The summed E-state index contributed by atoms with van der Waals surface area (Å²) in [4.78, 5) is 16.5. The van der Waals surface area contributed by atoms with Crippen molar-refractivity contribution in [3.63, 3.8) is 0 Å². The van der Waals surface area contributed by atoms with Gasteiger partial charge in [0.15, 0.2) is 0 Å². The highest BCUT2D eigenvalue weighted by Crippen LogP contribution is 2.36. The van der Waals surface area contributed by atoms with Crippen LogP contribution in [0.1, 0.15) is 30.1 Å². The molecule has 2 saturated heterocycles. The van der Waals surface area contributed by atoms with Gasteiger partial charge in [-0.15, -0.1) is 0 Å². The fourth-order valence-corrected chi connectivity index (χ4v) is 4.40. The van der Waals surface area contributed by atoms with Crippen molar-refractivity contribution in [2.75, 3.05) is 39.9 Å². The summed E-state index contributed by atoms with van der Waals surface area (Å²) in [5.74, 6) is -1.90. The molecule has 2 fully saturated rings. The molecule has 1 aromatic rings. The topological polar surface area (TPSA) is 53.0 Å². The Morgan fingerprint density at radius 3 is 2.56 bits per heavy atom. The number of methoxy groups -OCH3 is 1. The van der Waals surface area contributed by atoms with E-state index in [-0.39, 0.29) is 43.4 Å². The number of carbonyl (C=O) groups is 1. The van der Waals surface area contributed by atoms with Gasteiger partial charge in [-0.05, 0) is 36.1 Å². The van der Waals surface area contributed by atoms with Gasteiger partial charge < -0.3 is 14.7 Å². The van der Waals surface area contributed by atoms with Crippen LogP contribution in [0.25, 0.3) is 0 Å². The van der Waals surface area contributed by atoms with Crippen molar-refractivity contribution in [3.05, 3.63) is 29.8 Å². The third-order valence-corrected chi connectivity index (χ3v) is 5.96. The van der Waals surface area contributed by atoms with Gasteiger partial charge in [0.1, 0.15) is 5.75 Å². The lowest BCUT2D eigenvalue weighted by molar-refractivity contribution is 0.00885. The van der Waals surface area contributed by atoms with E-state index in [9.17, 15) is 18.7 Å². The molecule has 27 heavy (non-hydrogen) atoms. The predicted molar refractivity (Wildman–Crippen MR) is 98.2 cm³/mol. The number of alkyl halides is 2. The monoisotopic (exact) mass is 382 g/mol. The second kappa shape index (κ2) is 8.10. The van der Waals surface area contributed by atoms with Crippen LogP contribution in [-0.2, 0) is 0 Å². The smallest absolute Gasteiger partial charge is 0.261 e. The van der Waals surface area contributed by atoms with Crippen molar-refractivity contribution in [1.29, 1.82) is 0 Å². The normalized spacial score (nSPS) is 27.9. The number of hydrogen-bond donors (Lipinski definition) is 1. The van der Waals surface area contributed by atoms with Crippen LogP contribution in [-0.4, -0.2) is 72.7 Å². The molecule has 7 heteroatoms. The minimum atomic E-state index is -2.63. The lowest BCUT2D eigenvalue weighted by atomic mass is 9.88. The highest BCUT2D eigenvalue weighted by Gasteiger charge is 2.46. The largest absolute Gasteiger partial charge is 0.497 e. The van der Waals surface area contributed by atoms with Gasteiger partial charge in [-0.1, -0.05) is 13.3 Å². The average molecular weight is 382 g/mol. The molecule has 150 valence electrons. The zero-order valence-corrected chi connectivity index (χ0v) is 15.9. The molecule has 2 aliphatic rings. The summed E-state index contributed by atoms with van der Waals surface area (Å²) in [7, 11) is 1.57. The number of likely N-dealkylation sites (tertiary alicyclic amines) is 2. The summed E-state index contributed by atoms with van der Waals surface area (Å²) in [6.07, 6.45) is 0.729. The summed E-state index contributed by atoms with van der Waals surface area (Å²) in [6, 6.07) is 6.55. The fraction of sp³-hybridized carbons (Fsp3) is 0.650. The van der Waals surface area contributed by atoms with E-state index in [1.165, 1.54) is 0 Å². The van der Waals surface area contributed by atoms with Crippen molar-refractivity contribution in [3.8, 4) is 5.75 Å². The van der Waals surface area contributed by atoms with Gasteiger partial charge in [-0.2, -0.15) is 0 Å². The van der Waals surface area contributed by atoms with Crippen molar-refractivity contribution >= 4 is 5.91 Å². The van der Waals surface area contributed by atoms with Crippen molar-refractivity contribution in [2.45, 2.75) is 31.7 Å². The van der Waals surface area contributed by atoms with E-state index in [4.69, 9.17) is 4.74 Å². The van der Waals surface area contributed by atoms with Gasteiger partial charge in [-0.3, -0.25) is 9.69 Å². The summed E-state index contributed by atoms with van der Waals surface area (Å²) in [6.45, 7) is 3.06. The van der Waals surface area contributed by atoms with Gasteiger partial charge in [-0.25, -0.2) is 8.78 Å². The Labute approximate surface area is 158 Å². The first-order chi connectivity index (χ1) is 12.9. The van der Waals surface area contributed by atoms with Gasteiger partial charge in [0, 0.05) is 31.6 Å². The molecule has 0 bridgehead atoms. The van der Waals surface area contributed by atoms with Gasteiger partial charge in [0.25, 0.3) is 11.8 Å². The molecule has 2 aliphatic heterocycles. The van der Waals surface area contributed by atoms with E-state index < -0.39 is 5.92 Å². The molecule has 1 amide bonds. The van der Waals surface area contributed by atoms with Crippen LogP contribution in [0.3, 0.4) is 0 Å². The number of amides is 1. The van der Waals surface area contributed by atoms with Gasteiger partial charge in [0.2, 0.25) is 0 Å². The quantitative estimate of drug-likeness (QED) is 0.821. The lowest BCUT2D eigenvalue weighted by Crippen LogP contribution is -2.43. The number of ether oxygens (including phenoxy) is 1. The maximum Gasteiger partial charge on any atom is 0.261 e. The molecule has 0 saturated carbocycles. The second-order valence-corrected chi connectivity index (χ2v) is 7.61. The number of aliphatic hydroxyl groups is 1. The number of nitrogens with zero attached hydrogens (tertiary/aromatic N) is 2. The van der Waals surface area contributed by atoms with Crippen LogP contribution in [0, 0.1) is 11.8 Å². The van der Waals surface area contributed by atoms with E-state index in [1.807, 2.05) is 6.92 Å². The van der Waals surface area contributed by atoms with Crippen LogP contribution < -0.4 is 4.74 Å². The molecule has 0 spiro atoms. The minimum Gasteiger partial charge on any atom is -0.497 e. The van der Waals surface area contributed by atoms with Crippen LogP contribution >= 0.6 is 0 Å². The number of benzene rings is 1. The molecule has 3 atom stereocenters. The van der Waals surface area contributed by atoms with Gasteiger partial charge in [0.05, 0.1) is 26.3 Å². The van der Waals surface area contributed by atoms with E-state index in [1.54, 1.807) is 41.2 Å². The maximum absolute atomic E-state index is 13.5. The molecule has 0 unspecified atom stereocenters. The minimum absolute atomic E-state index is 0.00361. The molecule has 0 aromatic heterocycles. The zero-order valence-electron chi connectivity index (χ0n) is 15.9. The first-order valence-electron chi connectivity index (χ1n) is 9.54. The molecule has 3 rings (SSSR count). The molecular formula is C20H28F2N2O3. The summed E-state index contributed by atoms with van der Waals surface area (Å²) in [5.41, 5.74) is 0.539. The first-order valence-corrected chi connectivity index (χ1v) is 9.54. The molecule has 0 aliphatic carbocycles. The van der Waals surface area contributed by atoms with Crippen molar-refractivity contribution < 1.29 is 23.4 Å². The Balaban J connectivity index is 1.75. The summed E-state index contributed by atoms with van der Waals surface area (Å²) < 4.78 is 32.2. The molecule has 5 nitrogen and oxygen atoms in total. The van der Waals surface area contributed by atoms with E-state index >= 15 is 0 Å². The highest BCUT2D eigenvalue weighted by molar-refractivity contribution is 5.94. The van der Waals surface area contributed by atoms with E-state index in [0.717, 1.165) is 6.42 Å². The fourth-order valence-electron chi connectivity index (χ4n) is 4.40. The Morgan fingerprint density at radius 2 is 2.04 bits per heavy atom. The van der Waals surface area contributed by atoms with Gasteiger partial charge >= 0.3 is 0 Å². The van der Waals surface area contributed by atoms with Crippen LogP contribution in [0.2, 0.25) is 0 Å². The molecule has 1 aromatic carbocycles. The summed E-state index contributed by atoms with van der Waals surface area (Å²) in [5, 5.41) is 9.99. The van der Waals surface area contributed by atoms with Crippen LogP contribution in [0.5, 0.6) is 5.75 Å². The molecule has 2 heterocycles. The van der Waals surface area contributed by atoms with Crippen molar-refractivity contribution in [1.82, 2.24) is 9.80 Å². The number of carbonyl (C=O) groups excluding carboxylic acids is 1. The Kier molecular flexibility index (Phi) is 6.01. The standard InChI is InChI=1S/C20H28F2N2O3/c1-3-14-10-24(19(26)15-4-6-16(27-2)7-5-15)18(12-25)17(14)11-23-9-8-20(21,22)13-23/h4-7,14,17-18,25H,3,8-13H2,1-2H3/t14-,17-,18-/m1/s1. The first kappa shape index (κ1) is 20.0. The Bertz CT molecular complexity index is 653. The Hall–Kier alpha value is -1.73. The van der Waals surface area contributed by atoms with Crippen molar-refractivity contribution in [2.24, 2.45) is 11.8 Å². The lowest BCUT2D eigenvalue weighted by Gasteiger charge is -2.30. The molecule has 1 N–H and O–H groups in total. The molecular weight excluding hydrogens is 354 g/mol. The van der Waals surface area contributed by atoms with Crippen LogP contribution in [0.4, 0.5) is 8.78 Å². The maximum atomic E-state index is 13.5. The average Bonchev–Trinajstić information content (AvgIpc) is 3.20. The van der Waals surface area contributed by atoms with Crippen LogP contribution in [0.15, 0.2) is 24.3 Å². The second-order valence-electron chi connectivity index (χ2n) is 7.61.